The minimum atomic E-state index is -0.752. The first kappa shape index (κ1) is 17.9. The summed E-state index contributed by atoms with van der Waals surface area (Å²) in [6.07, 6.45) is 5.82. The molecule has 2 N–H and O–H groups in total. The predicted molar refractivity (Wildman–Crippen MR) is 98.5 cm³/mol. The number of hydrogen-bond acceptors (Lipinski definition) is 3. The van der Waals surface area contributed by atoms with Gasteiger partial charge >= 0.3 is 5.97 Å². The van der Waals surface area contributed by atoms with Crippen LogP contribution < -0.4 is 5.32 Å². The molecule has 0 bridgehead atoms. The highest BCUT2D eigenvalue weighted by atomic mass is 35.5. The minimum Gasteiger partial charge on any atom is -0.481 e. The van der Waals surface area contributed by atoms with Crippen LogP contribution in [0.3, 0.4) is 0 Å². The molecule has 1 aromatic heterocycles. The minimum absolute atomic E-state index is 0.0872. The van der Waals surface area contributed by atoms with E-state index in [1.165, 1.54) is 12.8 Å². The van der Waals surface area contributed by atoms with Crippen molar-refractivity contribution in [1.82, 2.24) is 10.3 Å². The molecule has 4 nitrogen and oxygen atoms in total. The zero-order valence-corrected chi connectivity index (χ0v) is 14.8. The van der Waals surface area contributed by atoms with Crippen molar-refractivity contribution in [2.24, 2.45) is 5.92 Å². The molecular weight excluding hydrogens is 336 g/mol. The number of nitrogens with zero attached hydrogens (tertiary/aromatic N) is 1. The maximum absolute atomic E-state index is 10.9. The molecule has 0 radical (unpaired) electrons. The molecule has 0 amide bonds. The summed E-state index contributed by atoms with van der Waals surface area (Å²) in [5.41, 5.74) is 2.19. The Bertz CT molecular complexity index is 687. The van der Waals surface area contributed by atoms with E-state index < -0.39 is 5.97 Å². The molecular formula is C20H23ClN2O2. The number of rotatable bonds is 9. The van der Waals surface area contributed by atoms with Gasteiger partial charge in [-0.3, -0.25) is 9.78 Å². The molecule has 2 atom stereocenters. The summed E-state index contributed by atoms with van der Waals surface area (Å²) in [5.74, 6) is -0.150. The Balaban J connectivity index is 1.77. The van der Waals surface area contributed by atoms with E-state index in [0.29, 0.717) is 17.4 Å². The highest BCUT2D eigenvalue weighted by Gasteiger charge is 2.34. The maximum atomic E-state index is 10.9. The van der Waals surface area contributed by atoms with Gasteiger partial charge in [-0.2, -0.15) is 0 Å². The van der Waals surface area contributed by atoms with E-state index in [0.717, 1.165) is 17.7 Å². The summed E-state index contributed by atoms with van der Waals surface area (Å²) in [6.45, 7) is 0. The van der Waals surface area contributed by atoms with Crippen LogP contribution in [0.2, 0.25) is 5.02 Å². The average Bonchev–Trinajstić information content (AvgIpc) is 3.44. The van der Waals surface area contributed by atoms with Gasteiger partial charge in [-0.1, -0.05) is 29.8 Å². The van der Waals surface area contributed by atoms with Crippen LogP contribution in [0.1, 0.15) is 55.4 Å². The molecule has 0 saturated heterocycles. The van der Waals surface area contributed by atoms with Crippen LogP contribution in [0.5, 0.6) is 0 Å². The zero-order chi connectivity index (χ0) is 17.6. The van der Waals surface area contributed by atoms with E-state index in [1.807, 2.05) is 42.6 Å². The number of aromatic nitrogens is 1. The fourth-order valence-corrected chi connectivity index (χ4v) is 3.29. The lowest BCUT2D eigenvalue weighted by atomic mass is 9.98. The number of hydrogen-bond donors (Lipinski definition) is 2. The van der Waals surface area contributed by atoms with Crippen LogP contribution in [0.4, 0.5) is 0 Å². The molecule has 1 saturated carbocycles. The summed E-state index contributed by atoms with van der Waals surface area (Å²) in [6, 6.07) is 14.1. The van der Waals surface area contributed by atoms with Crippen LogP contribution in [-0.4, -0.2) is 16.1 Å². The quantitative estimate of drug-likeness (QED) is 0.677. The standard InChI is InChI=1S/C20H23ClN2O2/c21-16-11-9-14(10-12-16)17(5-3-6-19(24)25)23-20(15-7-8-15)18-4-1-2-13-22-18/h1-2,4,9-13,15,17,20,23H,3,5-8H2,(H,24,25)/t17-,20?/m0/s1. The molecule has 1 unspecified atom stereocenters. The van der Waals surface area contributed by atoms with E-state index in [1.54, 1.807) is 0 Å². The second-order valence-corrected chi connectivity index (χ2v) is 7.06. The van der Waals surface area contributed by atoms with Gasteiger partial charge in [-0.25, -0.2) is 0 Å². The molecule has 1 aliphatic carbocycles. The molecule has 0 spiro atoms. The molecule has 2 aromatic rings. The summed E-state index contributed by atoms with van der Waals surface area (Å²) in [4.78, 5) is 15.4. The smallest absolute Gasteiger partial charge is 0.303 e. The number of halogens is 1. The van der Waals surface area contributed by atoms with Crippen LogP contribution in [0.15, 0.2) is 48.7 Å². The van der Waals surface area contributed by atoms with Gasteiger partial charge < -0.3 is 10.4 Å². The number of benzene rings is 1. The fourth-order valence-electron chi connectivity index (χ4n) is 3.17. The topological polar surface area (TPSA) is 62.2 Å². The SMILES string of the molecule is O=C(O)CCC[C@H](NC(c1ccccn1)C1CC1)c1ccc(Cl)cc1. The van der Waals surface area contributed by atoms with Gasteiger partial charge in [0.25, 0.3) is 0 Å². The molecule has 1 aromatic carbocycles. The van der Waals surface area contributed by atoms with E-state index in [4.69, 9.17) is 16.7 Å². The van der Waals surface area contributed by atoms with Gasteiger partial charge in [0.05, 0.1) is 11.7 Å². The normalized spacial score (nSPS) is 16.4. The van der Waals surface area contributed by atoms with Crippen molar-refractivity contribution < 1.29 is 9.90 Å². The first-order chi connectivity index (χ1) is 12.1. The second kappa shape index (κ2) is 8.45. The molecule has 132 valence electrons. The summed E-state index contributed by atoms with van der Waals surface area (Å²) < 4.78 is 0. The number of aliphatic carboxylic acids is 1. The van der Waals surface area contributed by atoms with Crippen molar-refractivity contribution in [3.05, 3.63) is 64.9 Å². The molecule has 1 heterocycles. The molecule has 0 aliphatic heterocycles. The number of carbonyl (C=O) groups is 1. The van der Waals surface area contributed by atoms with Gasteiger partial charge in [-0.05, 0) is 61.4 Å². The average molecular weight is 359 g/mol. The molecule has 5 heteroatoms. The summed E-state index contributed by atoms with van der Waals surface area (Å²) >= 11 is 6.02. The molecule has 3 rings (SSSR count). The van der Waals surface area contributed by atoms with E-state index in [2.05, 4.69) is 16.4 Å². The molecule has 1 fully saturated rings. The highest BCUT2D eigenvalue weighted by Crippen LogP contribution is 2.42. The lowest BCUT2D eigenvalue weighted by Gasteiger charge is -2.26. The lowest BCUT2D eigenvalue weighted by molar-refractivity contribution is -0.137. The third-order valence-electron chi connectivity index (χ3n) is 4.64. The number of nitrogens with one attached hydrogen (secondary N) is 1. The van der Waals surface area contributed by atoms with Crippen LogP contribution >= 0.6 is 11.6 Å². The summed E-state index contributed by atoms with van der Waals surface area (Å²) in [5, 5.41) is 13.4. The van der Waals surface area contributed by atoms with Crippen molar-refractivity contribution >= 4 is 17.6 Å². The first-order valence-electron chi connectivity index (χ1n) is 8.77. The second-order valence-electron chi connectivity index (χ2n) is 6.63. The van der Waals surface area contributed by atoms with Gasteiger partial charge in [0.1, 0.15) is 0 Å². The zero-order valence-electron chi connectivity index (χ0n) is 14.1. The van der Waals surface area contributed by atoms with Crippen LogP contribution in [0.25, 0.3) is 0 Å². The van der Waals surface area contributed by atoms with Crippen LogP contribution in [0, 0.1) is 5.92 Å². The van der Waals surface area contributed by atoms with Crippen molar-refractivity contribution in [3.63, 3.8) is 0 Å². The Labute approximate surface area is 153 Å². The lowest BCUT2D eigenvalue weighted by Crippen LogP contribution is -2.29. The number of carboxylic acid groups (broad SMARTS) is 1. The predicted octanol–water partition coefficient (Wildman–Crippen LogP) is 4.77. The van der Waals surface area contributed by atoms with E-state index in [9.17, 15) is 4.79 Å². The van der Waals surface area contributed by atoms with E-state index >= 15 is 0 Å². The largest absolute Gasteiger partial charge is 0.481 e. The Morgan fingerprint density at radius 3 is 2.60 bits per heavy atom. The van der Waals surface area contributed by atoms with Gasteiger partial charge in [-0.15, -0.1) is 0 Å². The molecule has 25 heavy (non-hydrogen) atoms. The van der Waals surface area contributed by atoms with Crippen molar-refractivity contribution in [1.29, 1.82) is 0 Å². The van der Waals surface area contributed by atoms with E-state index in [-0.39, 0.29) is 18.5 Å². The monoisotopic (exact) mass is 358 g/mol. The maximum Gasteiger partial charge on any atom is 0.303 e. The van der Waals surface area contributed by atoms with Gasteiger partial charge in [0, 0.05) is 23.7 Å². The van der Waals surface area contributed by atoms with Crippen LogP contribution in [-0.2, 0) is 4.79 Å². The highest BCUT2D eigenvalue weighted by molar-refractivity contribution is 6.30. The van der Waals surface area contributed by atoms with Gasteiger partial charge in [0.15, 0.2) is 0 Å². The summed E-state index contributed by atoms with van der Waals surface area (Å²) in [7, 11) is 0. The number of carboxylic acids is 1. The third-order valence-corrected chi connectivity index (χ3v) is 4.89. The Kier molecular flexibility index (Phi) is 6.05. The van der Waals surface area contributed by atoms with Crippen molar-refractivity contribution in [3.8, 4) is 0 Å². The van der Waals surface area contributed by atoms with Crippen molar-refractivity contribution in [2.75, 3.05) is 0 Å². The Hall–Kier alpha value is -1.91. The molecule has 1 aliphatic rings. The van der Waals surface area contributed by atoms with Crippen molar-refractivity contribution in [2.45, 2.75) is 44.2 Å². The van der Waals surface area contributed by atoms with Gasteiger partial charge in [0.2, 0.25) is 0 Å². The first-order valence-corrected chi connectivity index (χ1v) is 9.15. The third kappa shape index (κ3) is 5.28. The Morgan fingerprint density at radius 2 is 2.00 bits per heavy atom. The Morgan fingerprint density at radius 1 is 1.24 bits per heavy atom. The fraction of sp³-hybridized carbons (Fsp3) is 0.400. The number of pyridine rings is 1.